The zero-order chi connectivity index (χ0) is 15.4. The van der Waals surface area contributed by atoms with Crippen LogP contribution in [0.25, 0.3) is 5.57 Å². The van der Waals surface area contributed by atoms with Crippen LogP contribution in [-0.2, 0) is 4.79 Å². The Morgan fingerprint density at radius 3 is 2.71 bits per heavy atom. The van der Waals surface area contributed by atoms with Crippen LogP contribution in [0, 0.1) is 5.92 Å². The van der Waals surface area contributed by atoms with Crippen molar-refractivity contribution in [2.24, 2.45) is 5.92 Å². The van der Waals surface area contributed by atoms with Gasteiger partial charge in [0.25, 0.3) is 0 Å². The minimum Gasteiger partial charge on any atom is -0.465 e. The molecule has 0 atom stereocenters. The molecule has 0 bridgehead atoms. The van der Waals surface area contributed by atoms with E-state index in [0.29, 0.717) is 25.3 Å². The molecule has 1 aromatic heterocycles. The number of carbonyl (C=O) groups excluding carboxylic acids is 1. The fourth-order valence-corrected chi connectivity index (χ4v) is 2.03. The van der Waals surface area contributed by atoms with Gasteiger partial charge in [0, 0.05) is 19.0 Å². The van der Waals surface area contributed by atoms with E-state index in [1.807, 2.05) is 32.1 Å². The van der Waals surface area contributed by atoms with E-state index in [1.54, 1.807) is 6.07 Å². The molecule has 2 heterocycles. The molecule has 6 nitrogen and oxygen atoms in total. The first-order valence-electron chi connectivity index (χ1n) is 6.92. The number of hydrogen-bond acceptors (Lipinski definition) is 3. The molecule has 0 spiro atoms. The van der Waals surface area contributed by atoms with Crippen LogP contribution in [0.2, 0.25) is 0 Å². The number of pyridine rings is 1. The van der Waals surface area contributed by atoms with Crippen molar-refractivity contribution in [3.8, 4) is 0 Å². The predicted molar refractivity (Wildman–Crippen MR) is 79.9 cm³/mol. The van der Waals surface area contributed by atoms with Crippen molar-refractivity contribution >= 4 is 23.4 Å². The Morgan fingerprint density at radius 1 is 1.38 bits per heavy atom. The summed E-state index contributed by atoms with van der Waals surface area (Å²) in [4.78, 5) is 28.3. The molecule has 1 aliphatic rings. The SMILES string of the molecule is CC(C)C(=O)Nc1cccc(C2=CCN(C(=O)O)CC2)n1. The first-order chi connectivity index (χ1) is 9.97. The molecule has 0 fully saturated rings. The average molecular weight is 289 g/mol. The van der Waals surface area contributed by atoms with Crippen molar-refractivity contribution < 1.29 is 14.7 Å². The van der Waals surface area contributed by atoms with Gasteiger partial charge in [0.15, 0.2) is 0 Å². The van der Waals surface area contributed by atoms with Crippen LogP contribution in [-0.4, -0.2) is 40.1 Å². The van der Waals surface area contributed by atoms with Gasteiger partial charge in [-0.25, -0.2) is 9.78 Å². The van der Waals surface area contributed by atoms with Gasteiger partial charge in [-0.1, -0.05) is 26.0 Å². The lowest BCUT2D eigenvalue weighted by Crippen LogP contribution is -2.33. The smallest absolute Gasteiger partial charge is 0.407 e. The van der Waals surface area contributed by atoms with Gasteiger partial charge in [0.1, 0.15) is 5.82 Å². The molecule has 1 aliphatic heterocycles. The Kier molecular flexibility index (Phi) is 4.57. The molecule has 2 amide bonds. The summed E-state index contributed by atoms with van der Waals surface area (Å²) in [7, 11) is 0. The molecule has 0 saturated heterocycles. The minimum absolute atomic E-state index is 0.0747. The topological polar surface area (TPSA) is 82.5 Å². The Labute approximate surface area is 123 Å². The third-order valence-electron chi connectivity index (χ3n) is 3.33. The summed E-state index contributed by atoms with van der Waals surface area (Å²) >= 11 is 0. The fourth-order valence-electron chi connectivity index (χ4n) is 2.03. The second-order valence-electron chi connectivity index (χ2n) is 5.26. The van der Waals surface area contributed by atoms with Gasteiger partial charge < -0.3 is 15.3 Å². The number of carboxylic acid groups (broad SMARTS) is 1. The second-order valence-corrected chi connectivity index (χ2v) is 5.26. The number of hydrogen-bond donors (Lipinski definition) is 2. The number of aromatic nitrogens is 1. The highest BCUT2D eigenvalue weighted by Crippen LogP contribution is 2.22. The lowest BCUT2D eigenvalue weighted by atomic mass is 10.0. The molecule has 0 unspecified atom stereocenters. The summed E-state index contributed by atoms with van der Waals surface area (Å²) < 4.78 is 0. The van der Waals surface area contributed by atoms with Gasteiger partial charge in [-0.15, -0.1) is 0 Å². The molecule has 2 N–H and O–H groups in total. The molecule has 0 aromatic carbocycles. The summed E-state index contributed by atoms with van der Waals surface area (Å²) in [6, 6.07) is 5.45. The highest BCUT2D eigenvalue weighted by atomic mass is 16.4. The summed E-state index contributed by atoms with van der Waals surface area (Å²) in [5.74, 6) is 0.343. The van der Waals surface area contributed by atoms with Gasteiger partial charge in [0.05, 0.1) is 5.69 Å². The number of nitrogens with one attached hydrogen (secondary N) is 1. The molecular weight excluding hydrogens is 270 g/mol. The molecule has 112 valence electrons. The Morgan fingerprint density at radius 2 is 2.14 bits per heavy atom. The van der Waals surface area contributed by atoms with Crippen LogP contribution in [0.15, 0.2) is 24.3 Å². The standard InChI is InChI=1S/C15H19N3O3/c1-10(2)14(19)17-13-5-3-4-12(16-13)11-6-8-18(9-7-11)15(20)21/h3-6,10H,7-9H2,1-2H3,(H,20,21)(H,16,17,19). The third kappa shape index (κ3) is 3.81. The van der Waals surface area contributed by atoms with Gasteiger partial charge in [0.2, 0.25) is 5.91 Å². The van der Waals surface area contributed by atoms with Crippen molar-refractivity contribution in [1.82, 2.24) is 9.88 Å². The quantitative estimate of drug-likeness (QED) is 0.895. The van der Waals surface area contributed by atoms with Crippen molar-refractivity contribution in [1.29, 1.82) is 0 Å². The van der Waals surface area contributed by atoms with Crippen LogP contribution in [0.4, 0.5) is 10.6 Å². The van der Waals surface area contributed by atoms with Crippen molar-refractivity contribution in [2.45, 2.75) is 20.3 Å². The lowest BCUT2D eigenvalue weighted by Gasteiger charge is -2.23. The van der Waals surface area contributed by atoms with E-state index in [4.69, 9.17) is 5.11 Å². The monoisotopic (exact) mass is 289 g/mol. The highest BCUT2D eigenvalue weighted by molar-refractivity contribution is 5.91. The Hall–Kier alpha value is -2.37. The van der Waals surface area contributed by atoms with Crippen LogP contribution < -0.4 is 5.32 Å². The van der Waals surface area contributed by atoms with E-state index in [2.05, 4.69) is 10.3 Å². The van der Waals surface area contributed by atoms with E-state index in [0.717, 1.165) is 11.3 Å². The number of rotatable bonds is 3. The van der Waals surface area contributed by atoms with Crippen LogP contribution in [0.1, 0.15) is 26.0 Å². The molecule has 6 heteroatoms. The van der Waals surface area contributed by atoms with Gasteiger partial charge in [-0.3, -0.25) is 4.79 Å². The molecule has 0 aliphatic carbocycles. The maximum atomic E-state index is 11.7. The molecule has 0 saturated carbocycles. The van der Waals surface area contributed by atoms with Crippen molar-refractivity contribution in [3.63, 3.8) is 0 Å². The lowest BCUT2D eigenvalue weighted by molar-refractivity contribution is -0.118. The van der Waals surface area contributed by atoms with Gasteiger partial charge in [-0.2, -0.15) is 0 Å². The van der Waals surface area contributed by atoms with E-state index < -0.39 is 6.09 Å². The zero-order valence-corrected chi connectivity index (χ0v) is 12.2. The Balaban J connectivity index is 2.11. The number of nitrogens with zero attached hydrogens (tertiary/aromatic N) is 2. The van der Waals surface area contributed by atoms with Crippen LogP contribution in [0.5, 0.6) is 0 Å². The molecule has 1 aromatic rings. The van der Waals surface area contributed by atoms with Crippen LogP contribution in [0.3, 0.4) is 0 Å². The predicted octanol–water partition coefficient (Wildman–Crippen LogP) is 2.44. The van der Waals surface area contributed by atoms with E-state index in [1.165, 1.54) is 4.90 Å². The largest absolute Gasteiger partial charge is 0.465 e. The fraction of sp³-hybridized carbons (Fsp3) is 0.400. The minimum atomic E-state index is -0.906. The first-order valence-corrected chi connectivity index (χ1v) is 6.92. The summed E-state index contributed by atoms with van der Waals surface area (Å²) in [6.45, 7) is 4.48. The summed E-state index contributed by atoms with van der Waals surface area (Å²) in [5, 5.41) is 11.7. The maximum absolute atomic E-state index is 11.7. The highest BCUT2D eigenvalue weighted by Gasteiger charge is 2.17. The van der Waals surface area contributed by atoms with Gasteiger partial charge >= 0.3 is 6.09 Å². The first kappa shape index (κ1) is 15.0. The number of carbonyl (C=O) groups is 2. The maximum Gasteiger partial charge on any atom is 0.407 e. The summed E-state index contributed by atoms with van der Waals surface area (Å²) in [6.07, 6.45) is 1.59. The number of amides is 2. The second kappa shape index (κ2) is 6.39. The number of anilines is 1. The van der Waals surface area contributed by atoms with Crippen molar-refractivity contribution in [3.05, 3.63) is 30.0 Å². The molecular formula is C15H19N3O3. The van der Waals surface area contributed by atoms with E-state index in [-0.39, 0.29) is 11.8 Å². The molecule has 0 radical (unpaired) electrons. The summed E-state index contributed by atoms with van der Waals surface area (Å²) in [5.41, 5.74) is 1.79. The molecule has 21 heavy (non-hydrogen) atoms. The van der Waals surface area contributed by atoms with E-state index >= 15 is 0 Å². The van der Waals surface area contributed by atoms with E-state index in [9.17, 15) is 9.59 Å². The van der Waals surface area contributed by atoms with Crippen molar-refractivity contribution in [2.75, 3.05) is 18.4 Å². The molecule has 2 rings (SSSR count). The average Bonchev–Trinajstić information content (AvgIpc) is 2.47. The normalized spacial score (nSPS) is 14.8. The zero-order valence-electron chi connectivity index (χ0n) is 12.2. The Bertz CT molecular complexity index is 581. The van der Waals surface area contributed by atoms with Gasteiger partial charge in [-0.05, 0) is 24.1 Å². The van der Waals surface area contributed by atoms with Crippen LogP contribution >= 0.6 is 0 Å². The third-order valence-corrected chi connectivity index (χ3v) is 3.33.